The molecule has 1 radical (unpaired) electrons. The molecular weight excluding hydrogens is 122 g/mol. The van der Waals surface area contributed by atoms with E-state index in [4.69, 9.17) is 0 Å². The average molecular weight is 131 g/mol. The first-order valence-electron chi connectivity index (χ1n) is 3.54. The Morgan fingerprint density at radius 3 is 3.00 bits per heavy atom. The monoisotopic (exact) mass is 131 g/mol. The molecule has 0 amide bonds. The summed E-state index contributed by atoms with van der Waals surface area (Å²) >= 11 is 0. The third-order valence-electron chi connectivity index (χ3n) is 1.80. The molecule has 2 rings (SSSR count). The van der Waals surface area contributed by atoms with E-state index in [1.165, 1.54) is 11.1 Å². The Kier molecular flexibility index (Phi) is 1.28. The summed E-state index contributed by atoms with van der Waals surface area (Å²) in [6.07, 6.45) is 3.06. The first kappa shape index (κ1) is 5.66. The molecule has 10 heavy (non-hydrogen) atoms. The van der Waals surface area contributed by atoms with Crippen molar-refractivity contribution in [1.29, 1.82) is 0 Å². The molecule has 0 saturated carbocycles. The highest BCUT2D eigenvalue weighted by Crippen LogP contribution is 2.07. The zero-order valence-corrected chi connectivity index (χ0v) is 5.75. The van der Waals surface area contributed by atoms with Crippen LogP contribution in [0.4, 0.5) is 0 Å². The van der Waals surface area contributed by atoms with E-state index in [9.17, 15) is 0 Å². The Labute approximate surface area is 60.4 Å². The Hall–Kier alpha value is -1.11. The molecule has 0 atom stereocenters. The van der Waals surface area contributed by atoms with Gasteiger partial charge in [0.1, 0.15) is 0 Å². The average Bonchev–Trinajstić information content (AvgIpc) is 2.05. The highest BCUT2D eigenvalue weighted by atomic mass is 14.7. The summed E-state index contributed by atoms with van der Waals surface area (Å²) in [5.74, 6) is 0. The number of nitrogens with zero attached hydrogens (tertiary/aromatic N) is 1. The van der Waals surface area contributed by atoms with E-state index in [2.05, 4.69) is 29.3 Å². The second-order valence-electron chi connectivity index (χ2n) is 2.48. The number of hydrogen-bond acceptors (Lipinski definition) is 1. The maximum Gasteiger partial charge on any atom is 0.242 e. The summed E-state index contributed by atoms with van der Waals surface area (Å²) in [5.41, 5.74) is 2.71. The van der Waals surface area contributed by atoms with Gasteiger partial charge in [-0.2, -0.15) is 0 Å². The summed E-state index contributed by atoms with van der Waals surface area (Å²) in [6.45, 7) is 0.955. The van der Waals surface area contributed by atoms with Gasteiger partial charge >= 0.3 is 0 Å². The second-order valence-corrected chi connectivity index (χ2v) is 2.48. The smallest absolute Gasteiger partial charge is 0.0619 e. The summed E-state index contributed by atoms with van der Waals surface area (Å²) in [7, 11) is 0. The molecule has 0 aromatic heterocycles. The second kappa shape index (κ2) is 2.25. The van der Waals surface area contributed by atoms with Gasteiger partial charge in [0.05, 0.1) is 0 Å². The van der Waals surface area contributed by atoms with Crippen molar-refractivity contribution >= 4 is 6.21 Å². The minimum Gasteiger partial charge on any atom is -0.0619 e. The lowest BCUT2D eigenvalue weighted by molar-refractivity contribution is 0.886. The molecule has 1 aromatic carbocycles. The molecule has 0 aliphatic carbocycles. The fraction of sp³-hybridized carbons (Fsp3) is 0.222. The third kappa shape index (κ3) is 0.838. The van der Waals surface area contributed by atoms with Gasteiger partial charge in [-0.1, -0.05) is 18.2 Å². The minimum atomic E-state index is 0.955. The van der Waals surface area contributed by atoms with Crippen LogP contribution in [0.3, 0.4) is 0 Å². The molecule has 0 unspecified atom stereocenters. The van der Waals surface area contributed by atoms with Gasteiger partial charge in [0.25, 0.3) is 0 Å². The standard InChI is InChI=1S/C9H9N/c1-2-4-9-7-10-6-5-8(9)3-1/h1-4,7H,5-6H2/q+1. The van der Waals surface area contributed by atoms with Crippen molar-refractivity contribution in [2.24, 2.45) is 0 Å². The van der Waals surface area contributed by atoms with E-state index in [1.54, 1.807) is 0 Å². The summed E-state index contributed by atoms with van der Waals surface area (Å²) in [5, 5.41) is 0. The lowest BCUT2D eigenvalue weighted by Crippen LogP contribution is -2.09. The van der Waals surface area contributed by atoms with Crippen molar-refractivity contribution in [3.8, 4) is 0 Å². The Bertz CT molecular complexity index is 263. The van der Waals surface area contributed by atoms with Crippen LogP contribution in [0.25, 0.3) is 0 Å². The van der Waals surface area contributed by atoms with Crippen molar-refractivity contribution in [3.05, 3.63) is 35.4 Å². The van der Waals surface area contributed by atoms with Gasteiger partial charge in [0, 0.05) is 17.0 Å². The highest BCUT2D eigenvalue weighted by molar-refractivity contribution is 5.81. The molecule has 0 N–H and O–H groups in total. The molecule has 1 nitrogen and oxygen atoms in total. The number of hydrogen-bond donors (Lipinski definition) is 0. The van der Waals surface area contributed by atoms with Crippen LogP contribution >= 0.6 is 0 Å². The first-order valence-corrected chi connectivity index (χ1v) is 3.54. The SMILES string of the molecule is C1=[N+]CCc2ccccc21. The van der Waals surface area contributed by atoms with Crippen LogP contribution in [0.15, 0.2) is 24.3 Å². The van der Waals surface area contributed by atoms with Crippen molar-refractivity contribution in [2.75, 3.05) is 6.54 Å². The van der Waals surface area contributed by atoms with Crippen LogP contribution < -0.4 is 4.99 Å². The fourth-order valence-electron chi connectivity index (χ4n) is 1.24. The predicted octanol–water partition coefficient (Wildman–Crippen LogP) is 0.997. The van der Waals surface area contributed by atoms with Gasteiger partial charge < -0.3 is 0 Å². The number of fused-ring (bicyclic) bond motifs is 1. The quantitative estimate of drug-likeness (QED) is 0.498. The van der Waals surface area contributed by atoms with Crippen LogP contribution in [0.5, 0.6) is 0 Å². The van der Waals surface area contributed by atoms with Gasteiger partial charge in [-0.25, -0.2) is 0 Å². The summed E-state index contributed by atoms with van der Waals surface area (Å²) < 4.78 is 0. The molecule has 0 saturated heterocycles. The fourth-order valence-corrected chi connectivity index (χ4v) is 1.24. The molecule has 1 aromatic rings. The highest BCUT2D eigenvalue weighted by Gasteiger charge is 2.09. The van der Waals surface area contributed by atoms with Crippen LogP contribution in [-0.2, 0) is 6.42 Å². The molecule has 1 heterocycles. The van der Waals surface area contributed by atoms with Crippen molar-refractivity contribution in [1.82, 2.24) is 4.99 Å². The summed E-state index contributed by atoms with van der Waals surface area (Å²) in [6, 6.07) is 8.41. The van der Waals surface area contributed by atoms with Gasteiger partial charge in [0.2, 0.25) is 12.8 Å². The van der Waals surface area contributed by atoms with Gasteiger partial charge in [0.15, 0.2) is 0 Å². The maximum atomic E-state index is 4.19. The number of benzene rings is 1. The summed E-state index contributed by atoms with van der Waals surface area (Å²) in [4.78, 5) is 4.19. The zero-order valence-electron chi connectivity index (χ0n) is 5.75. The molecule has 1 heteroatoms. The molecule has 1 aliphatic heterocycles. The number of aliphatic imine (C=N–C) groups is 1. The van der Waals surface area contributed by atoms with Gasteiger partial charge in [-0.15, -0.1) is 0 Å². The maximum absolute atomic E-state index is 4.19. The lowest BCUT2D eigenvalue weighted by Gasteiger charge is -2.00. The third-order valence-corrected chi connectivity index (χ3v) is 1.80. The molecule has 1 aliphatic rings. The predicted molar refractivity (Wildman–Crippen MR) is 42.3 cm³/mol. The Morgan fingerprint density at radius 2 is 2.10 bits per heavy atom. The van der Waals surface area contributed by atoms with Crippen LogP contribution in [0, 0.1) is 0 Å². The van der Waals surface area contributed by atoms with Crippen LogP contribution in [-0.4, -0.2) is 12.8 Å². The molecular formula is C9H9N+. The minimum absolute atomic E-state index is 0.955. The van der Waals surface area contributed by atoms with E-state index in [1.807, 2.05) is 6.21 Å². The van der Waals surface area contributed by atoms with Crippen LogP contribution in [0.2, 0.25) is 0 Å². The Morgan fingerprint density at radius 1 is 1.20 bits per heavy atom. The van der Waals surface area contributed by atoms with E-state index in [0.717, 1.165) is 13.0 Å². The molecule has 0 bridgehead atoms. The van der Waals surface area contributed by atoms with Gasteiger partial charge in [-0.3, -0.25) is 0 Å². The van der Waals surface area contributed by atoms with Crippen molar-refractivity contribution in [3.63, 3.8) is 0 Å². The van der Waals surface area contributed by atoms with Crippen molar-refractivity contribution in [2.45, 2.75) is 6.42 Å². The van der Waals surface area contributed by atoms with E-state index >= 15 is 0 Å². The largest absolute Gasteiger partial charge is 0.242 e. The lowest BCUT2D eigenvalue weighted by atomic mass is 10.0. The molecule has 0 spiro atoms. The molecule has 0 fully saturated rings. The first-order chi connectivity index (χ1) is 4.97. The van der Waals surface area contributed by atoms with Crippen LogP contribution in [0.1, 0.15) is 11.1 Å². The molecule has 49 valence electrons. The van der Waals surface area contributed by atoms with E-state index in [0.29, 0.717) is 0 Å². The zero-order chi connectivity index (χ0) is 6.81. The Balaban J connectivity index is 2.54. The van der Waals surface area contributed by atoms with Gasteiger partial charge in [-0.05, 0) is 11.6 Å². The van der Waals surface area contributed by atoms with E-state index < -0.39 is 0 Å². The topological polar surface area (TPSA) is 14.1 Å². The number of rotatable bonds is 0. The van der Waals surface area contributed by atoms with E-state index in [-0.39, 0.29) is 0 Å². The normalized spacial score (nSPS) is 14.8. The van der Waals surface area contributed by atoms with Crippen molar-refractivity contribution < 1.29 is 0 Å².